The first kappa shape index (κ1) is 8.77. The zero-order chi connectivity index (χ0) is 8.81. The molecule has 0 fully saturated rings. The molecule has 1 aromatic heterocycles. The average molecular weight is 167 g/mol. The van der Waals surface area contributed by atoms with Gasteiger partial charge in [0.05, 0.1) is 6.61 Å². The summed E-state index contributed by atoms with van der Waals surface area (Å²) in [6.07, 6.45) is 6.94. The smallest absolute Gasteiger partial charge is 0.419 e. The minimum Gasteiger partial charge on any atom is -0.449 e. The van der Waals surface area contributed by atoms with E-state index in [4.69, 9.17) is 4.74 Å². The van der Waals surface area contributed by atoms with E-state index in [0.717, 1.165) is 12.8 Å². The van der Waals surface area contributed by atoms with Crippen molar-refractivity contribution in [3.63, 3.8) is 0 Å². The molecule has 0 saturated heterocycles. The van der Waals surface area contributed by atoms with Crippen LogP contribution in [-0.4, -0.2) is 22.3 Å². The number of nitrogens with zero attached hydrogens (tertiary/aromatic N) is 2. The van der Waals surface area contributed by atoms with E-state index in [1.807, 2.05) is 6.92 Å². The molecule has 0 saturated carbocycles. The Balaban J connectivity index is 2.30. The van der Waals surface area contributed by atoms with E-state index in [9.17, 15) is 4.79 Å². The second-order valence-corrected chi connectivity index (χ2v) is 2.37. The highest BCUT2D eigenvalue weighted by molar-refractivity contribution is 5.69. The third kappa shape index (κ3) is 2.38. The number of hydrogen-bond acceptors (Lipinski definition) is 3. The topological polar surface area (TPSA) is 44.1 Å². The molecule has 0 aromatic carbocycles. The Hall–Kier alpha value is -1.32. The van der Waals surface area contributed by atoms with Gasteiger partial charge in [-0.25, -0.2) is 14.3 Å². The molecule has 65 valence electrons. The van der Waals surface area contributed by atoms with Gasteiger partial charge in [-0.3, -0.25) is 0 Å². The quantitative estimate of drug-likeness (QED) is 0.640. The van der Waals surface area contributed by atoms with Crippen molar-refractivity contribution in [2.75, 3.05) is 6.61 Å². The van der Waals surface area contributed by atoms with Crippen molar-refractivity contribution in [2.45, 2.75) is 19.8 Å². The van der Waals surface area contributed by atoms with Gasteiger partial charge < -0.3 is 4.74 Å². The Kier molecular flexibility index (Phi) is 3.32. The van der Waals surface area contributed by atoms with Crippen molar-refractivity contribution < 1.29 is 9.53 Å². The molecule has 1 heterocycles. The second kappa shape index (κ2) is 4.54. The molecule has 1 rings (SSSR count). The number of imidazole rings is 1. The second-order valence-electron chi connectivity index (χ2n) is 2.37. The van der Waals surface area contributed by atoms with Crippen LogP contribution in [0.25, 0.3) is 0 Å². The Morgan fingerprint density at radius 1 is 1.75 bits per heavy atom. The Morgan fingerprint density at radius 2 is 2.58 bits per heavy atom. The molecule has 0 aliphatic carbocycles. The summed E-state index contributed by atoms with van der Waals surface area (Å²) in [5.74, 6) is 0. The van der Waals surface area contributed by atoms with E-state index in [2.05, 4.69) is 11.3 Å². The molecule has 1 aromatic rings. The zero-order valence-corrected chi connectivity index (χ0v) is 6.99. The molecule has 0 unspecified atom stereocenters. The van der Waals surface area contributed by atoms with Gasteiger partial charge in [0.2, 0.25) is 0 Å². The minimum atomic E-state index is -0.416. The molecule has 4 nitrogen and oxygen atoms in total. The van der Waals surface area contributed by atoms with E-state index < -0.39 is 6.09 Å². The van der Waals surface area contributed by atoms with Gasteiger partial charge in [0.1, 0.15) is 0 Å². The lowest BCUT2D eigenvalue weighted by Gasteiger charge is -2.01. The summed E-state index contributed by atoms with van der Waals surface area (Å²) in [4.78, 5) is 14.7. The van der Waals surface area contributed by atoms with E-state index in [1.165, 1.54) is 17.0 Å². The maximum Gasteiger partial charge on any atom is 0.419 e. The van der Waals surface area contributed by atoms with E-state index in [-0.39, 0.29) is 0 Å². The molecule has 4 heteroatoms. The first-order valence-corrected chi connectivity index (χ1v) is 3.92. The summed E-state index contributed by atoms with van der Waals surface area (Å²) in [7, 11) is 0. The number of carbonyl (C=O) groups excluding carboxylic acids is 1. The van der Waals surface area contributed by atoms with E-state index >= 15 is 0 Å². The Bertz CT molecular complexity index is 231. The van der Waals surface area contributed by atoms with Crippen LogP contribution in [0.3, 0.4) is 0 Å². The van der Waals surface area contributed by atoms with Crippen LogP contribution in [-0.2, 0) is 4.74 Å². The van der Waals surface area contributed by atoms with Crippen LogP contribution in [0.4, 0.5) is 4.79 Å². The van der Waals surface area contributed by atoms with E-state index in [1.54, 1.807) is 0 Å². The molecule has 0 aliphatic heterocycles. The molecule has 1 radical (unpaired) electrons. The van der Waals surface area contributed by atoms with Crippen LogP contribution in [0.15, 0.2) is 12.4 Å². The number of carbonyl (C=O) groups is 1. The summed E-state index contributed by atoms with van der Waals surface area (Å²) >= 11 is 0. The number of ether oxygens (including phenoxy) is 1. The molecule has 12 heavy (non-hydrogen) atoms. The van der Waals surface area contributed by atoms with Gasteiger partial charge >= 0.3 is 6.09 Å². The highest BCUT2D eigenvalue weighted by Gasteiger charge is 2.03. The molecule has 0 aliphatic rings. The number of hydrogen-bond donors (Lipinski definition) is 0. The van der Waals surface area contributed by atoms with Gasteiger partial charge in [-0.1, -0.05) is 13.3 Å². The van der Waals surface area contributed by atoms with Crippen LogP contribution >= 0.6 is 0 Å². The van der Waals surface area contributed by atoms with Gasteiger partial charge in [0.15, 0.2) is 6.33 Å². The van der Waals surface area contributed by atoms with Gasteiger partial charge in [-0.2, -0.15) is 0 Å². The average Bonchev–Trinajstić information content (AvgIpc) is 2.56. The molecule has 0 amide bonds. The number of unbranched alkanes of at least 4 members (excludes halogenated alkanes) is 1. The Morgan fingerprint density at radius 3 is 3.17 bits per heavy atom. The van der Waals surface area contributed by atoms with Gasteiger partial charge in [0, 0.05) is 12.4 Å². The van der Waals surface area contributed by atoms with E-state index in [0.29, 0.717) is 6.61 Å². The highest BCUT2D eigenvalue weighted by atomic mass is 16.5. The van der Waals surface area contributed by atoms with Gasteiger partial charge in [-0.15, -0.1) is 0 Å². The third-order valence-corrected chi connectivity index (χ3v) is 1.38. The fourth-order valence-corrected chi connectivity index (χ4v) is 0.704. The molecular weight excluding hydrogens is 156 g/mol. The normalized spacial score (nSPS) is 9.75. The first-order chi connectivity index (χ1) is 5.84. The Labute approximate surface area is 71.2 Å². The van der Waals surface area contributed by atoms with Crippen molar-refractivity contribution in [2.24, 2.45) is 0 Å². The van der Waals surface area contributed by atoms with Crippen LogP contribution in [0.5, 0.6) is 0 Å². The summed E-state index contributed by atoms with van der Waals surface area (Å²) in [6, 6.07) is 0. The van der Waals surface area contributed by atoms with Crippen molar-refractivity contribution in [3.8, 4) is 0 Å². The molecule has 0 atom stereocenters. The van der Waals surface area contributed by atoms with Crippen LogP contribution in [0, 0.1) is 6.33 Å². The van der Waals surface area contributed by atoms with Crippen molar-refractivity contribution >= 4 is 6.09 Å². The lowest BCUT2D eigenvalue weighted by molar-refractivity contribution is 0.146. The fraction of sp³-hybridized carbons (Fsp3) is 0.500. The summed E-state index contributed by atoms with van der Waals surface area (Å²) in [6.45, 7) is 2.50. The molecule has 0 spiro atoms. The van der Waals surface area contributed by atoms with Gasteiger partial charge in [0.25, 0.3) is 0 Å². The SMILES string of the molecule is CCCCOC(=O)n1[c]ncc1. The third-order valence-electron chi connectivity index (χ3n) is 1.38. The number of aromatic nitrogens is 2. The van der Waals surface area contributed by atoms with Crippen molar-refractivity contribution in [3.05, 3.63) is 18.7 Å². The maximum absolute atomic E-state index is 11.1. The predicted octanol–water partition coefficient (Wildman–Crippen LogP) is 1.47. The zero-order valence-electron chi connectivity index (χ0n) is 6.99. The van der Waals surface area contributed by atoms with Crippen molar-refractivity contribution in [1.82, 2.24) is 9.55 Å². The fourth-order valence-electron chi connectivity index (χ4n) is 0.704. The molecule has 0 N–H and O–H groups in total. The highest BCUT2D eigenvalue weighted by Crippen LogP contribution is 1.92. The van der Waals surface area contributed by atoms with Crippen LogP contribution in [0.2, 0.25) is 0 Å². The van der Waals surface area contributed by atoms with Crippen LogP contribution in [0.1, 0.15) is 19.8 Å². The maximum atomic E-state index is 11.1. The summed E-state index contributed by atoms with van der Waals surface area (Å²) in [5.41, 5.74) is 0. The predicted molar refractivity (Wildman–Crippen MR) is 42.7 cm³/mol. The summed E-state index contributed by atoms with van der Waals surface area (Å²) < 4.78 is 6.07. The lowest BCUT2D eigenvalue weighted by atomic mass is 10.4. The monoisotopic (exact) mass is 167 g/mol. The molecular formula is C8H11N2O2. The summed E-state index contributed by atoms with van der Waals surface area (Å²) in [5, 5.41) is 0. The molecule has 0 bridgehead atoms. The number of rotatable bonds is 3. The minimum absolute atomic E-state index is 0.416. The largest absolute Gasteiger partial charge is 0.449 e. The lowest BCUT2D eigenvalue weighted by Crippen LogP contribution is -2.12. The standard InChI is InChI=1S/C8H11N2O2/c1-2-3-6-12-8(11)10-5-4-9-7-10/h4-5H,2-3,6H2,1H3. The van der Waals surface area contributed by atoms with Gasteiger partial charge in [-0.05, 0) is 6.42 Å². The first-order valence-electron chi connectivity index (χ1n) is 3.92. The van der Waals surface area contributed by atoms with Crippen LogP contribution < -0.4 is 0 Å². The van der Waals surface area contributed by atoms with Crippen molar-refractivity contribution in [1.29, 1.82) is 0 Å².